The van der Waals surface area contributed by atoms with E-state index in [9.17, 15) is 8.42 Å². The number of benzene rings is 2. The van der Waals surface area contributed by atoms with E-state index in [1.165, 1.54) is 0 Å². The number of nitrogens with one attached hydrogen (secondary N) is 2. The fourth-order valence-electron chi connectivity index (χ4n) is 2.13. The van der Waals surface area contributed by atoms with Gasteiger partial charge in [-0.05, 0) is 17.2 Å². The lowest BCUT2D eigenvalue weighted by atomic mass is 9.98. The molecule has 3 rings (SSSR count). The van der Waals surface area contributed by atoms with Gasteiger partial charge in [-0.25, -0.2) is 0 Å². The number of rotatable bonds is 1. The molecule has 1 heterocycles. The third-order valence-corrected chi connectivity index (χ3v) is 3.96. The SMILES string of the molecule is O=S1(=O)Nc2ccccc2C(c2ccccc2)N1. The molecular formula is C13H12N2O2S. The van der Waals surface area contributed by atoms with Crippen molar-refractivity contribution in [1.82, 2.24) is 4.72 Å². The van der Waals surface area contributed by atoms with Gasteiger partial charge in [0, 0.05) is 0 Å². The van der Waals surface area contributed by atoms with E-state index < -0.39 is 10.2 Å². The number of para-hydroxylation sites is 1. The molecule has 0 radical (unpaired) electrons. The highest BCUT2D eigenvalue weighted by Gasteiger charge is 2.28. The van der Waals surface area contributed by atoms with Gasteiger partial charge in [0.15, 0.2) is 0 Å². The van der Waals surface area contributed by atoms with Gasteiger partial charge in [-0.3, -0.25) is 4.72 Å². The Hall–Kier alpha value is -1.85. The molecule has 0 amide bonds. The van der Waals surface area contributed by atoms with Crippen molar-refractivity contribution >= 4 is 15.9 Å². The van der Waals surface area contributed by atoms with Crippen molar-refractivity contribution in [3.63, 3.8) is 0 Å². The van der Waals surface area contributed by atoms with Gasteiger partial charge in [-0.1, -0.05) is 48.5 Å². The smallest absolute Gasteiger partial charge is 0.271 e. The largest absolute Gasteiger partial charge is 0.299 e. The highest BCUT2D eigenvalue weighted by atomic mass is 32.2. The van der Waals surface area contributed by atoms with Crippen molar-refractivity contribution in [2.75, 3.05) is 4.72 Å². The van der Waals surface area contributed by atoms with Crippen LogP contribution in [0.25, 0.3) is 0 Å². The van der Waals surface area contributed by atoms with Gasteiger partial charge < -0.3 is 0 Å². The summed E-state index contributed by atoms with van der Waals surface area (Å²) in [4.78, 5) is 0. The number of hydrogen-bond acceptors (Lipinski definition) is 2. The Morgan fingerprint density at radius 1 is 0.889 bits per heavy atom. The minimum Gasteiger partial charge on any atom is -0.271 e. The molecule has 1 aliphatic rings. The molecule has 1 aliphatic heterocycles. The van der Waals surface area contributed by atoms with E-state index in [1.54, 1.807) is 6.07 Å². The van der Waals surface area contributed by atoms with Crippen LogP contribution in [-0.2, 0) is 10.2 Å². The summed E-state index contributed by atoms with van der Waals surface area (Å²) in [6.45, 7) is 0. The van der Waals surface area contributed by atoms with Crippen LogP contribution in [0.5, 0.6) is 0 Å². The second-order valence-corrected chi connectivity index (χ2v) is 5.60. The van der Waals surface area contributed by atoms with E-state index in [2.05, 4.69) is 9.44 Å². The molecule has 0 aliphatic carbocycles. The first-order chi connectivity index (χ1) is 8.66. The third kappa shape index (κ3) is 1.98. The van der Waals surface area contributed by atoms with Gasteiger partial charge in [-0.2, -0.15) is 13.1 Å². The maximum absolute atomic E-state index is 11.8. The number of fused-ring (bicyclic) bond motifs is 1. The van der Waals surface area contributed by atoms with E-state index >= 15 is 0 Å². The molecule has 2 N–H and O–H groups in total. The van der Waals surface area contributed by atoms with E-state index in [0.29, 0.717) is 5.69 Å². The van der Waals surface area contributed by atoms with Gasteiger partial charge in [0.1, 0.15) is 0 Å². The molecule has 2 aromatic carbocycles. The normalized spacial score (nSPS) is 20.8. The molecule has 0 bridgehead atoms. The average Bonchev–Trinajstić information content (AvgIpc) is 2.38. The fourth-order valence-corrected chi connectivity index (χ4v) is 3.24. The van der Waals surface area contributed by atoms with E-state index in [0.717, 1.165) is 11.1 Å². The standard InChI is InChI=1S/C13H12N2O2S/c16-18(17)14-12-9-5-4-8-11(12)13(15-18)10-6-2-1-3-7-10/h1-9,13-15H. The summed E-state index contributed by atoms with van der Waals surface area (Å²) in [5.74, 6) is 0. The summed E-state index contributed by atoms with van der Waals surface area (Å²) in [6, 6.07) is 16.6. The first-order valence-electron chi connectivity index (χ1n) is 5.60. The van der Waals surface area contributed by atoms with E-state index in [4.69, 9.17) is 0 Å². The average molecular weight is 260 g/mol. The second kappa shape index (κ2) is 4.12. The lowest BCUT2D eigenvalue weighted by molar-refractivity contribution is 0.574. The predicted molar refractivity (Wildman–Crippen MR) is 70.4 cm³/mol. The fraction of sp³-hybridized carbons (Fsp3) is 0.0769. The number of hydrogen-bond donors (Lipinski definition) is 2. The summed E-state index contributed by atoms with van der Waals surface area (Å²) in [5.41, 5.74) is 2.48. The Balaban J connectivity index is 2.16. The predicted octanol–water partition coefficient (Wildman–Crippen LogP) is 2.04. The Labute approximate surface area is 106 Å². The summed E-state index contributed by atoms with van der Waals surface area (Å²) < 4.78 is 28.7. The monoisotopic (exact) mass is 260 g/mol. The van der Waals surface area contributed by atoms with Gasteiger partial charge in [0.05, 0.1) is 11.7 Å². The van der Waals surface area contributed by atoms with Crippen molar-refractivity contribution in [3.8, 4) is 0 Å². The van der Waals surface area contributed by atoms with Crippen LogP contribution in [0, 0.1) is 0 Å². The molecule has 0 spiro atoms. The zero-order valence-electron chi connectivity index (χ0n) is 9.50. The first-order valence-corrected chi connectivity index (χ1v) is 7.08. The van der Waals surface area contributed by atoms with E-state index in [-0.39, 0.29) is 6.04 Å². The molecule has 5 heteroatoms. The van der Waals surface area contributed by atoms with Crippen molar-refractivity contribution in [2.45, 2.75) is 6.04 Å². The highest BCUT2D eigenvalue weighted by molar-refractivity contribution is 7.90. The molecule has 0 saturated carbocycles. The van der Waals surface area contributed by atoms with Crippen LogP contribution < -0.4 is 9.44 Å². The quantitative estimate of drug-likeness (QED) is 0.824. The Morgan fingerprint density at radius 2 is 1.56 bits per heavy atom. The second-order valence-electron chi connectivity index (χ2n) is 4.15. The summed E-state index contributed by atoms with van der Waals surface area (Å²) >= 11 is 0. The van der Waals surface area contributed by atoms with Crippen LogP contribution in [0.15, 0.2) is 54.6 Å². The highest BCUT2D eigenvalue weighted by Crippen LogP contribution is 2.32. The molecule has 4 nitrogen and oxygen atoms in total. The molecular weight excluding hydrogens is 248 g/mol. The van der Waals surface area contributed by atoms with Crippen LogP contribution in [0.1, 0.15) is 17.2 Å². The minimum absolute atomic E-state index is 0.339. The molecule has 1 unspecified atom stereocenters. The van der Waals surface area contributed by atoms with Gasteiger partial charge in [-0.15, -0.1) is 0 Å². The van der Waals surface area contributed by atoms with Crippen molar-refractivity contribution in [1.29, 1.82) is 0 Å². The summed E-state index contributed by atoms with van der Waals surface area (Å²) in [5, 5.41) is 0. The topological polar surface area (TPSA) is 58.2 Å². The Morgan fingerprint density at radius 3 is 2.33 bits per heavy atom. The molecule has 18 heavy (non-hydrogen) atoms. The molecule has 0 fully saturated rings. The molecule has 0 aromatic heterocycles. The maximum Gasteiger partial charge on any atom is 0.299 e. The molecule has 2 aromatic rings. The maximum atomic E-state index is 11.8. The zero-order chi connectivity index (χ0) is 12.6. The van der Waals surface area contributed by atoms with Crippen LogP contribution >= 0.6 is 0 Å². The van der Waals surface area contributed by atoms with Crippen molar-refractivity contribution in [3.05, 3.63) is 65.7 Å². The third-order valence-electron chi connectivity index (χ3n) is 2.92. The van der Waals surface area contributed by atoms with E-state index in [1.807, 2.05) is 48.5 Å². The molecule has 0 saturated heterocycles. The molecule has 92 valence electrons. The van der Waals surface area contributed by atoms with Crippen LogP contribution in [0.4, 0.5) is 5.69 Å². The number of anilines is 1. The summed E-state index contributed by atoms with van der Waals surface area (Å²) in [7, 11) is -3.49. The first kappa shape index (κ1) is 11.3. The minimum atomic E-state index is -3.49. The van der Waals surface area contributed by atoms with Crippen molar-refractivity contribution in [2.24, 2.45) is 0 Å². The lowest BCUT2D eigenvalue weighted by Gasteiger charge is -2.27. The van der Waals surface area contributed by atoms with Gasteiger partial charge in [0.2, 0.25) is 0 Å². The zero-order valence-corrected chi connectivity index (χ0v) is 10.3. The van der Waals surface area contributed by atoms with Crippen LogP contribution in [0.2, 0.25) is 0 Å². The van der Waals surface area contributed by atoms with Crippen LogP contribution in [-0.4, -0.2) is 8.42 Å². The van der Waals surface area contributed by atoms with Crippen molar-refractivity contribution < 1.29 is 8.42 Å². The van der Waals surface area contributed by atoms with Gasteiger partial charge >= 0.3 is 0 Å². The molecule has 1 atom stereocenters. The lowest BCUT2D eigenvalue weighted by Crippen LogP contribution is -2.38. The Kier molecular flexibility index (Phi) is 2.57. The van der Waals surface area contributed by atoms with Crippen LogP contribution in [0.3, 0.4) is 0 Å². The Bertz CT molecular complexity index is 668. The summed E-state index contributed by atoms with van der Waals surface area (Å²) in [6.07, 6.45) is 0. The van der Waals surface area contributed by atoms with Gasteiger partial charge in [0.25, 0.3) is 10.2 Å².